The van der Waals surface area contributed by atoms with Crippen LogP contribution in [0.1, 0.15) is 19.3 Å². The maximum absolute atomic E-state index is 11.1. The zero-order chi connectivity index (χ0) is 9.52. The van der Waals surface area contributed by atoms with Gasteiger partial charge in [-0.15, -0.1) is 0 Å². The average Bonchev–Trinajstić information content (AvgIpc) is 2.93. The van der Waals surface area contributed by atoms with E-state index in [-0.39, 0.29) is 5.91 Å². The molecule has 0 aromatic rings. The highest BCUT2D eigenvalue weighted by atomic mass is 79.9. The highest BCUT2D eigenvalue weighted by molar-refractivity contribution is 9.09. The number of hydrogen-bond acceptors (Lipinski definition) is 2. The van der Waals surface area contributed by atoms with Gasteiger partial charge in [0, 0.05) is 24.4 Å². The van der Waals surface area contributed by atoms with Crippen molar-refractivity contribution < 1.29 is 9.53 Å². The minimum atomic E-state index is 0.223. The summed E-state index contributed by atoms with van der Waals surface area (Å²) in [4.78, 5) is 11.1. The summed E-state index contributed by atoms with van der Waals surface area (Å²) in [7, 11) is 0. The van der Waals surface area contributed by atoms with Crippen molar-refractivity contribution in [2.75, 3.05) is 25.1 Å². The lowest BCUT2D eigenvalue weighted by molar-refractivity contribution is -0.122. The first-order chi connectivity index (χ1) is 6.34. The Balaban J connectivity index is 1.80. The van der Waals surface area contributed by atoms with Crippen LogP contribution < -0.4 is 5.32 Å². The molecule has 4 heteroatoms. The molecule has 0 atom stereocenters. The fourth-order valence-electron chi connectivity index (χ4n) is 1.03. The average molecular weight is 250 g/mol. The molecule has 0 heterocycles. The number of amides is 1. The number of nitrogens with one attached hydrogen (secondary N) is 1. The first-order valence-corrected chi connectivity index (χ1v) is 5.88. The van der Waals surface area contributed by atoms with Gasteiger partial charge in [-0.25, -0.2) is 0 Å². The van der Waals surface area contributed by atoms with Crippen LogP contribution in [0.15, 0.2) is 0 Å². The highest BCUT2D eigenvalue weighted by Crippen LogP contribution is 2.28. The maximum Gasteiger partial charge on any atom is 0.223 e. The van der Waals surface area contributed by atoms with Crippen LogP contribution in [-0.4, -0.2) is 31.0 Å². The van der Waals surface area contributed by atoms with Gasteiger partial charge in [0.2, 0.25) is 5.91 Å². The van der Waals surface area contributed by atoms with Crippen LogP contribution >= 0.6 is 15.9 Å². The molecular weight excluding hydrogens is 234 g/mol. The van der Waals surface area contributed by atoms with Crippen molar-refractivity contribution in [1.82, 2.24) is 5.32 Å². The summed E-state index contributed by atoms with van der Waals surface area (Å²) in [6, 6.07) is 0. The monoisotopic (exact) mass is 249 g/mol. The van der Waals surface area contributed by atoms with Gasteiger partial charge >= 0.3 is 0 Å². The predicted molar refractivity (Wildman–Crippen MR) is 55.0 cm³/mol. The van der Waals surface area contributed by atoms with Crippen molar-refractivity contribution in [3.8, 4) is 0 Å². The first-order valence-electron chi connectivity index (χ1n) is 4.76. The number of halogens is 1. The molecule has 0 saturated heterocycles. The molecule has 13 heavy (non-hydrogen) atoms. The molecule has 0 radical (unpaired) electrons. The summed E-state index contributed by atoms with van der Waals surface area (Å²) < 4.78 is 5.24. The van der Waals surface area contributed by atoms with Crippen LogP contribution in [0.5, 0.6) is 0 Å². The second kappa shape index (κ2) is 6.38. The summed E-state index contributed by atoms with van der Waals surface area (Å²) >= 11 is 3.27. The summed E-state index contributed by atoms with van der Waals surface area (Å²) in [5, 5.41) is 3.77. The zero-order valence-corrected chi connectivity index (χ0v) is 9.31. The standard InChI is InChI=1S/C9H16BrNO2/c10-4-7-13-6-1-5-11-9(12)8-2-3-8/h8H,1-7H2,(H,11,12). The van der Waals surface area contributed by atoms with Crippen LogP contribution in [0, 0.1) is 5.92 Å². The second-order valence-electron chi connectivity index (χ2n) is 3.22. The summed E-state index contributed by atoms with van der Waals surface area (Å²) in [5.41, 5.74) is 0. The molecule has 0 unspecified atom stereocenters. The molecule has 1 saturated carbocycles. The Labute approximate surface area is 87.3 Å². The zero-order valence-electron chi connectivity index (χ0n) is 7.72. The molecule has 1 aliphatic carbocycles. The molecule has 1 amide bonds. The SMILES string of the molecule is O=C(NCCCOCCBr)C1CC1. The van der Waals surface area contributed by atoms with Crippen molar-refractivity contribution in [1.29, 1.82) is 0 Å². The van der Waals surface area contributed by atoms with E-state index >= 15 is 0 Å². The Morgan fingerprint density at radius 1 is 1.46 bits per heavy atom. The molecule has 0 aliphatic heterocycles. The molecule has 3 nitrogen and oxygen atoms in total. The minimum absolute atomic E-state index is 0.223. The minimum Gasteiger partial charge on any atom is -0.381 e. The van der Waals surface area contributed by atoms with Crippen molar-refractivity contribution >= 4 is 21.8 Å². The smallest absolute Gasteiger partial charge is 0.223 e. The van der Waals surface area contributed by atoms with E-state index < -0.39 is 0 Å². The van der Waals surface area contributed by atoms with E-state index in [1.807, 2.05) is 0 Å². The fraction of sp³-hybridized carbons (Fsp3) is 0.889. The second-order valence-corrected chi connectivity index (χ2v) is 4.01. The highest BCUT2D eigenvalue weighted by Gasteiger charge is 2.28. The molecule has 76 valence electrons. The summed E-state index contributed by atoms with van der Waals surface area (Å²) in [6.07, 6.45) is 3.06. The van der Waals surface area contributed by atoms with Crippen molar-refractivity contribution in [2.24, 2.45) is 5.92 Å². The topological polar surface area (TPSA) is 38.3 Å². The molecule has 0 bridgehead atoms. The number of hydrogen-bond donors (Lipinski definition) is 1. The Morgan fingerprint density at radius 2 is 2.23 bits per heavy atom. The molecule has 1 rings (SSSR count). The third-order valence-electron chi connectivity index (χ3n) is 1.93. The Kier molecular flexibility index (Phi) is 5.39. The van der Waals surface area contributed by atoms with Crippen LogP contribution in [0.3, 0.4) is 0 Å². The number of rotatable bonds is 7. The number of alkyl halides is 1. The predicted octanol–water partition coefficient (Wildman–Crippen LogP) is 1.31. The van der Waals surface area contributed by atoms with Gasteiger partial charge in [-0.3, -0.25) is 4.79 Å². The van der Waals surface area contributed by atoms with E-state index in [1.54, 1.807) is 0 Å². The molecule has 0 aromatic carbocycles. The van der Waals surface area contributed by atoms with Crippen LogP contribution in [0.25, 0.3) is 0 Å². The summed E-state index contributed by atoms with van der Waals surface area (Å²) in [6.45, 7) is 2.23. The van der Waals surface area contributed by atoms with Crippen LogP contribution in [0.4, 0.5) is 0 Å². The lowest BCUT2D eigenvalue weighted by Gasteiger charge is -2.04. The Hall–Kier alpha value is -0.0900. The van der Waals surface area contributed by atoms with Crippen molar-refractivity contribution in [3.05, 3.63) is 0 Å². The van der Waals surface area contributed by atoms with Gasteiger partial charge < -0.3 is 10.1 Å². The van der Waals surface area contributed by atoms with Gasteiger partial charge in [0.05, 0.1) is 6.61 Å². The Morgan fingerprint density at radius 3 is 2.85 bits per heavy atom. The number of ether oxygens (including phenoxy) is 1. The van der Waals surface area contributed by atoms with Gasteiger partial charge in [0.25, 0.3) is 0 Å². The van der Waals surface area contributed by atoms with Crippen LogP contribution in [0.2, 0.25) is 0 Å². The van der Waals surface area contributed by atoms with Gasteiger partial charge in [-0.1, -0.05) is 15.9 Å². The van der Waals surface area contributed by atoms with E-state index in [0.717, 1.165) is 44.4 Å². The largest absolute Gasteiger partial charge is 0.381 e. The number of carbonyl (C=O) groups excluding carboxylic acids is 1. The Bertz CT molecular complexity index is 160. The van der Waals surface area contributed by atoms with Gasteiger partial charge in [0.1, 0.15) is 0 Å². The van der Waals surface area contributed by atoms with Crippen LogP contribution in [-0.2, 0) is 9.53 Å². The maximum atomic E-state index is 11.1. The van der Waals surface area contributed by atoms with E-state index in [1.165, 1.54) is 0 Å². The molecule has 1 fully saturated rings. The van der Waals surface area contributed by atoms with E-state index in [9.17, 15) is 4.79 Å². The third kappa shape index (κ3) is 5.26. The third-order valence-corrected chi connectivity index (χ3v) is 2.26. The van der Waals surface area contributed by atoms with Crippen molar-refractivity contribution in [2.45, 2.75) is 19.3 Å². The molecule has 1 N–H and O–H groups in total. The van der Waals surface area contributed by atoms with E-state index in [0.29, 0.717) is 5.92 Å². The first kappa shape index (κ1) is 11.0. The van der Waals surface area contributed by atoms with E-state index in [2.05, 4.69) is 21.2 Å². The molecule has 0 aromatic heterocycles. The number of carbonyl (C=O) groups is 1. The van der Waals surface area contributed by atoms with Gasteiger partial charge in [0.15, 0.2) is 0 Å². The molecule has 0 spiro atoms. The molecular formula is C9H16BrNO2. The lowest BCUT2D eigenvalue weighted by atomic mass is 10.3. The van der Waals surface area contributed by atoms with Gasteiger partial charge in [-0.05, 0) is 19.3 Å². The fourth-order valence-corrected chi connectivity index (χ4v) is 1.26. The van der Waals surface area contributed by atoms with Crippen molar-refractivity contribution in [3.63, 3.8) is 0 Å². The molecule has 1 aliphatic rings. The lowest BCUT2D eigenvalue weighted by Crippen LogP contribution is -2.26. The normalized spacial score (nSPS) is 15.8. The van der Waals surface area contributed by atoms with Gasteiger partial charge in [-0.2, -0.15) is 0 Å². The van der Waals surface area contributed by atoms with E-state index in [4.69, 9.17) is 4.74 Å². The quantitative estimate of drug-likeness (QED) is 0.546. The summed E-state index contributed by atoms with van der Waals surface area (Å²) in [5.74, 6) is 0.545.